The molecule has 0 radical (unpaired) electrons. The van der Waals surface area contributed by atoms with Gasteiger partial charge in [-0.25, -0.2) is 19.7 Å². The minimum absolute atomic E-state index is 0.00790. The zero-order valence-electron chi connectivity index (χ0n) is 9.67. The van der Waals surface area contributed by atoms with E-state index in [9.17, 15) is 9.59 Å². The third-order valence-electron chi connectivity index (χ3n) is 2.18. The van der Waals surface area contributed by atoms with Gasteiger partial charge < -0.3 is 10.4 Å². The number of anilines is 1. The van der Waals surface area contributed by atoms with Crippen LogP contribution in [0.1, 0.15) is 20.8 Å². The Morgan fingerprint density at radius 2 is 1.95 bits per heavy atom. The summed E-state index contributed by atoms with van der Waals surface area (Å²) >= 11 is 8.98. The number of nitrogens with one attached hydrogen (secondary N) is 1. The van der Waals surface area contributed by atoms with Crippen molar-refractivity contribution in [3.63, 3.8) is 0 Å². The summed E-state index contributed by atoms with van der Waals surface area (Å²) in [6.45, 7) is 0. The molecule has 2 heterocycles. The van der Waals surface area contributed by atoms with Gasteiger partial charge in [0.25, 0.3) is 5.91 Å². The summed E-state index contributed by atoms with van der Waals surface area (Å²) < 4.78 is 0.560. The maximum absolute atomic E-state index is 12.0. The molecule has 0 bridgehead atoms. The summed E-state index contributed by atoms with van der Waals surface area (Å²) in [7, 11) is 0. The van der Waals surface area contributed by atoms with E-state index in [1.165, 1.54) is 24.7 Å². The standard InChI is InChI=1S/C11H6BrClN4O3/c12-5-3-6(8(13)16-4-5)10(18)17-9-7(11(19)20)14-1-2-15-9/h1-4H,(H,19,20)(H,15,17,18). The van der Waals surface area contributed by atoms with Gasteiger partial charge in [0.15, 0.2) is 11.5 Å². The molecule has 7 nitrogen and oxygen atoms in total. The highest BCUT2D eigenvalue weighted by Crippen LogP contribution is 2.19. The van der Waals surface area contributed by atoms with Crippen molar-refractivity contribution in [2.24, 2.45) is 0 Å². The van der Waals surface area contributed by atoms with Gasteiger partial charge >= 0.3 is 5.97 Å². The van der Waals surface area contributed by atoms with Crippen LogP contribution in [0.2, 0.25) is 5.15 Å². The highest BCUT2D eigenvalue weighted by molar-refractivity contribution is 9.10. The second-order valence-electron chi connectivity index (χ2n) is 3.50. The van der Waals surface area contributed by atoms with Crippen LogP contribution < -0.4 is 5.32 Å². The molecule has 0 aliphatic heterocycles. The molecule has 1 amide bonds. The van der Waals surface area contributed by atoms with Crippen LogP contribution in [0.3, 0.4) is 0 Å². The van der Waals surface area contributed by atoms with Crippen LogP contribution in [0, 0.1) is 0 Å². The van der Waals surface area contributed by atoms with Gasteiger partial charge in [-0.2, -0.15) is 0 Å². The maximum Gasteiger partial charge on any atom is 0.358 e. The second-order valence-corrected chi connectivity index (χ2v) is 4.78. The molecule has 20 heavy (non-hydrogen) atoms. The summed E-state index contributed by atoms with van der Waals surface area (Å²) in [6.07, 6.45) is 3.92. The first-order valence-electron chi connectivity index (χ1n) is 5.15. The van der Waals surface area contributed by atoms with Crippen molar-refractivity contribution >= 4 is 45.2 Å². The van der Waals surface area contributed by atoms with Gasteiger partial charge in [-0.15, -0.1) is 0 Å². The monoisotopic (exact) mass is 356 g/mol. The zero-order chi connectivity index (χ0) is 14.7. The third kappa shape index (κ3) is 3.09. The molecule has 2 aromatic heterocycles. The number of carbonyl (C=O) groups excluding carboxylic acids is 1. The SMILES string of the molecule is O=C(Nc1nccnc1C(=O)O)c1cc(Br)cnc1Cl. The van der Waals surface area contributed by atoms with Crippen molar-refractivity contribution in [2.45, 2.75) is 0 Å². The molecule has 102 valence electrons. The van der Waals surface area contributed by atoms with Crippen molar-refractivity contribution in [2.75, 3.05) is 5.32 Å². The van der Waals surface area contributed by atoms with E-state index in [4.69, 9.17) is 16.7 Å². The highest BCUT2D eigenvalue weighted by atomic mass is 79.9. The number of aromatic carboxylic acids is 1. The molecule has 0 unspecified atom stereocenters. The van der Waals surface area contributed by atoms with E-state index < -0.39 is 11.9 Å². The smallest absolute Gasteiger partial charge is 0.358 e. The molecule has 0 saturated heterocycles. The lowest BCUT2D eigenvalue weighted by Crippen LogP contribution is -2.17. The zero-order valence-corrected chi connectivity index (χ0v) is 12.0. The van der Waals surface area contributed by atoms with Crippen molar-refractivity contribution in [3.8, 4) is 0 Å². The molecular formula is C11H6BrClN4O3. The highest BCUT2D eigenvalue weighted by Gasteiger charge is 2.18. The lowest BCUT2D eigenvalue weighted by Gasteiger charge is -2.07. The fraction of sp³-hybridized carbons (Fsp3) is 0. The molecule has 0 spiro atoms. The summed E-state index contributed by atoms with van der Waals surface area (Å²) in [5, 5.41) is 11.3. The van der Waals surface area contributed by atoms with Crippen LogP contribution in [0.25, 0.3) is 0 Å². The molecular weight excluding hydrogens is 352 g/mol. The Bertz CT molecular complexity index is 695. The number of hydrogen-bond acceptors (Lipinski definition) is 5. The second kappa shape index (κ2) is 5.93. The number of amides is 1. The van der Waals surface area contributed by atoms with Gasteiger partial charge in [-0.05, 0) is 22.0 Å². The predicted octanol–water partition coefficient (Wildman–Crippen LogP) is 2.24. The topological polar surface area (TPSA) is 105 Å². The van der Waals surface area contributed by atoms with E-state index >= 15 is 0 Å². The van der Waals surface area contributed by atoms with E-state index in [-0.39, 0.29) is 22.2 Å². The van der Waals surface area contributed by atoms with Crippen LogP contribution in [-0.4, -0.2) is 31.9 Å². The Labute approximate surface area is 126 Å². The predicted molar refractivity (Wildman–Crippen MR) is 73.9 cm³/mol. The summed E-state index contributed by atoms with van der Waals surface area (Å²) in [4.78, 5) is 34.2. The van der Waals surface area contributed by atoms with E-state index in [0.29, 0.717) is 4.47 Å². The lowest BCUT2D eigenvalue weighted by molar-refractivity contribution is 0.0691. The number of hydrogen-bond donors (Lipinski definition) is 2. The fourth-order valence-corrected chi connectivity index (χ4v) is 1.86. The molecule has 2 N–H and O–H groups in total. The van der Waals surface area contributed by atoms with E-state index in [2.05, 4.69) is 36.2 Å². The van der Waals surface area contributed by atoms with Crippen LogP contribution >= 0.6 is 27.5 Å². The third-order valence-corrected chi connectivity index (χ3v) is 2.92. The molecule has 0 atom stereocenters. The molecule has 0 aromatic carbocycles. The van der Waals surface area contributed by atoms with Crippen molar-refractivity contribution in [1.82, 2.24) is 15.0 Å². The van der Waals surface area contributed by atoms with Crippen LogP contribution in [0.4, 0.5) is 5.82 Å². The fourth-order valence-electron chi connectivity index (χ4n) is 1.34. The Balaban J connectivity index is 2.33. The maximum atomic E-state index is 12.0. The molecule has 0 aliphatic rings. The molecule has 2 rings (SSSR count). The van der Waals surface area contributed by atoms with Crippen LogP contribution in [-0.2, 0) is 0 Å². The lowest BCUT2D eigenvalue weighted by atomic mass is 10.2. The number of carboxylic acid groups (broad SMARTS) is 1. The number of carbonyl (C=O) groups is 2. The van der Waals surface area contributed by atoms with Crippen LogP contribution in [0.15, 0.2) is 29.1 Å². The normalized spacial score (nSPS) is 10.1. The van der Waals surface area contributed by atoms with Gasteiger partial charge in [0.2, 0.25) is 0 Å². The minimum atomic E-state index is -1.30. The minimum Gasteiger partial charge on any atom is -0.476 e. The Morgan fingerprint density at radius 3 is 2.65 bits per heavy atom. The first kappa shape index (κ1) is 14.4. The van der Waals surface area contributed by atoms with E-state index in [1.54, 1.807) is 0 Å². The van der Waals surface area contributed by atoms with Gasteiger partial charge in [0, 0.05) is 23.1 Å². The number of nitrogens with zero attached hydrogens (tertiary/aromatic N) is 3. The van der Waals surface area contributed by atoms with Gasteiger partial charge in [-0.3, -0.25) is 4.79 Å². The van der Waals surface area contributed by atoms with Crippen LogP contribution in [0.5, 0.6) is 0 Å². The Morgan fingerprint density at radius 1 is 1.25 bits per heavy atom. The van der Waals surface area contributed by atoms with Crippen molar-refractivity contribution in [1.29, 1.82) is 0 Å². The van der Waals surface area contributed by atoms with E-state index in [1.807, 2.05) is 0 Å². The molecule has 0 fully saturated rings. The first-order chi connectivity index (χ1) is 9.49. The van der Waals surface area contributed by atoms with Crippen molar-refractivity contribution in [3.05, 3.63) is 45.5 Å². The van der Waals surface area contributed by atoms with Crippen molar-refractivity contribution < 1.29 is 14.7 Å². The molecule has 2 aromatic rings. The largest absolute Gasteiger partial charge is 0.476 e. The average molecular weight is 358 g/mol. The average Bonchev–Trinajstić information content (AvgIpc) is 2.41. The van der Waals surface area contributed by atoms with Gasteiger partial charge in [0.1, 0.15) is 5.15 Å². The van der Waals surface area contributed by atoms with Gasteiger partial charge in [-0.1, -0.05) is 11.6 Å². The number of carboxylic acids is 1. The summed E-state index contributed by atoms with van der Waals surface area (Å²) in [6, 6.07) is 1.46. The molecule has 9 heteroatoms. The molecule has 0 aliphatic carbocycles. The molecule has 0 saturated carbocycles. The Hall–Kier alpha value is -2.06. The van der Waals surface area contributed by atoms with E-state index in [0.717, 1.165) is 0 Å². The summed E-state index contributed by atoms with van der Waals surface area (Å²) in [5.41, 5.74) is -0.275. The quantitative estimate of drug-likeness (QED) is 0.816. The number of aromatic nitrogens is 3. The first-order valence-corrected chi connectivity index (χ1v) is 6.33. The number of halogens is 2. The number of pyridine rings is 1. The summed E-state index contributed by atoms with van der Waals surface area (Å²) in [5.74, 6) is -2.10. The number of rotatable bonds is 3. The van der Waals surface area contributed by atoms with Gasteiger partial charge in [0.05, 0.1) is 5.56 Å². The Kier molecular flexibility index (Phi) is 4.26.